The molecule has 3 aromatic carbocycles. The second-order valence-electron chi connectivity index (χ2n) is 12.3. The number of nitrogens with one attached hydrogen (secondary N) is 1. The number of imidazole rings is 1. The van der Waals surface area contributed by atoms with Gasteiger partial charge in [-0.3, -0.25) is 10.1 Å². The Morgan fingerprint density at radius 1 is 0.907 bits per heavy atom. The van der Waals surface area contributed by atoms with Gasteiger partial charge >= 0.3 is 5.97 Å². The van der Waals surface area contributed by atoms with Crippen molar-refractivity contribution in [3.8, 4) is 0 Å². The summed E-state index contributed by atoms with van der Waals surface area (Å²) in [6.07, 6.45) is 5.83. The maximum atomic E-state index is 13.0. The minimum Gasteiger partial charge on any atom is -0.466 e. The van der Waals surface area contributed by atoms with Crippen molar-refractivity contribution in [2.45, 2.75) is 64.1 Å². The van der Waals surface area contributed by atoms with Crippen molar-refractivity contribution in [3.63, 3.8) is 0 Å². The average Bonchev–Trinajstić information content (AvgIpc) is 3.47. The summed E-state index contributed by atoms with van der Waals surface area (Å²) >= 11 is 0. The van der Waals surface area contributed by atoms with Gasteiger partial charge < -0.3 is 14.0 Å². The Morgan fingerprint density at radius 3 is 1.98 bits per heavy atom. The fourth-order valence-electron chi connectivity index (χ4n) is 5.44. The Morgan fingerprint density at radius 2 is 1.47 bits per heavy atom. The summed E-state index contributed by atoms with van der Waals surface area (Å²) < 4.78 is 13.3. The Bertz CT molecular complexity index is 1270. The Labute approximate surface area is 258 Å². The molecule has 0 radical (unpaired) electrons. The fraction of sp³-hybridized carbons (Fsp3) is 0.389. The zero-order chi connectivity index (χ0) is 30.5. The van der Waals surface area contributed by atoms with Crippen LogP contribution < -0.4 is 5.32 Å². The summed E-state index contributed by atoms with van der Waals surface area (Å²) in [6.45, 7) is 11.2. The van der Waals surface area contributed by atoms with Crippen LogP contribution in [0.2, 0.25) is 25.7 Å². The quantitative estimate of drug-likeness (QED) is 0.0600. The van der Waals surface area contributed by atoms with E-state index in [4.69, 9.17) is 9.47 Å². The first-order valence-corrected chi connectivity index (χ1v) is 19.2. The lowest BCUT2D eigenvalue weighted by molar-refractivity contribution is -0.148. The summed E-state index contributed by atoms with van der Waals surface area (Å²) in [7, 11) is -1.13. The summed E-state index contributed by atoms with van der Waals surface area (Å²) in [4.78, 5) is 17.6. The van der Waals surface area contributed by atoms with Crippen LogP contribution in [0.3, 0.4) is 0 Å². The maximum Gasteiger partial charge on any atom is 0.309 e. The number of carbonyl (C=O) groups is 1. The first-order valence-electron chi connectivity index (χ1n) is 15.5. The molecule has 4 aromatic rings. The van der Waals surface area contributed by atoms with Crippen LogP contribution in [0.1, 0.15) is 42.1 Å². The van der Waals surface area contributed by atoms with E-state index in [9.17, 15) is 4.79 Å². The van der Waals surface area contributed by atoms with Gasteiger partial charge in [-0.1, -0.05) is 111 Å². The molecule has 0 aliphatic heterocycles. The van der Waals surface area contributed by atoms with E-state index in [-0.39, 0.29) is 11.9 Å². The summed E-state index contributed by atoms with van der Waals surface area (Å²) in [5.41, 5.74) is 3.87. The molecule has 4 rings (SSSR count). The number of carbonyl (C=O) groups excluding carboxylic acids is 1. The van der Waals surface area contributed by atoms with Gasteiger partial charge in [0.1, 0.15) is 6.73 Å². The van der Waals surface area contributed by atoms with E-state index in [1.54, 1.807) is 6.33 Å². The molecule has 1 aromatic heterocycles. The maximum absolute atomic E-state index is 13.0. The minimum atomic E-state index is -1.13. The molecule has 228 valence electrons. The van der Waals surface area contributed by atoms with E-state index in [1.807, 2.05) is 17.7 Å². The minimum absolute atomic E-state index is 0.163. The van der Waals surface area contributed by atoms with Crippen LogP contribution in [0.15, 0.2) is 104 Å². The molecule has 0 saturated heterocycles. The van der Waals surface area contributed by atoms with Gasteiger partial charge in [0, 0.05) is 27.3 Å². The molecule has 7 heteroatoms. The van der Waals surface area contributed by atoms with Crippen LogP contribution in [-0.2, 0) is 33.0 Å². The molecule has 1 heterocycles. The largest absolute Gasteiger partial charge is 0.466 e. The molecule has 43 heavy (non-hydrogen) atoms. The third-order valence-corrected chi connectivity index (χ3v) is 9.44. The highest BCUT2D eigenvalue weighted by atomic mass is 28.3. The van der Waals surface area contributed by atoms with Crippen LogP contribution in [0.25, 0.3) is 0 Å². The van der Waals surface area contributed by atoms with Gasteiger partial charge in [0.05, 0.1) is 30.1 Å². The van der Waals surface area contributed by atoms with Crippen molar-refractivity contribution in [1.29, 1.82) is 0 Å². The van der Waals surface area contributed by atoms with E-state index < -0.39 is 13.6 Å². The average molecular weight is 598 g/mol. The lowest BCUT2D eigenvalue weighted by Gasteiger charge is -2.37. The number of ether oxygens (including phenoxy) is 2. The molecule has 1 unspecified atom stereocenters. The van der Waals surface area contributed by atoms with Crippen LogP contribution in [0.5, 0.6) is 0 Å². The monoisotopic (exact) mass is 597 g/mol. The van der Waals surface area contributed by atoms with Crippen molar-refractivity contribution in [2.24, 2.45) is 5.92 Å². The van der Waals surface area contributed by atoms with E-state index in [1.165, 1.54) is 16.7 Å². The zero-order valence-electron chi connectivity index (χ0n) is 26.2. The number of nitrogens with zero attached hydrogens (tertiary/aromatic N) is 2. The molecular weight excluding hydrogens is 551 g/mol. The van der Waals surface area contributed by atoms with Crippen molar-refractivity contribution >= 4 is 14.0 Å². The second kappa shape index (κ2) is 15.8. The van der Waals surface area contributed by atoms with Gasteiger partial charge in [-0.2, -0.15) is 0 Å². The molecule has 0 saturated carbocycles. The van der Waals surface area contributed by atoms with Gasteiger partial charge in [0.25, 0.3) is 0 Å². The van der Waals surface area contributed by atoms with Gasteiger partial charge in [-0.05, 0) is 49.0 Å². The third-order valence-electron chi connectivity index (χ3n) is 7.74. The number of esters is 1. The number of rotatable bonds is 17. The number of hydrogen-bond acceptors (Lipinski definition) is 5. The van der Waals surface area contributed by atoms with Crippen molar-refractivity contribution < 1.29 is 14.3 Å². The van der Waals surface area contributed by atoms with Crippen molar-refractivity contribution in [3.05, 3.63) is 126 Å². The smallest absolute Gasteiger partial charge is 0.309 e. The van der Waals surface area contributed by atoms with E-state index >= 15 is 0 Å². The van der Waals surface area contributed by atoms with Crippen LogP contribution >= 0.6 is 0 Å². The SMILES string of the molecule is CCOC(=O)C(CCCNC(c1ccccc1)(c1ccccc1)c1ccccc1)Cc1cn(COCC[Si](C)(C)C)cn1. The highest BCUT2D eigenvalue weighted by Crippen LogP contribution is 2.36. The highest BCUT2D eigenvalue weighted by molar-refractivity contribution is 6.76. The van der Waals surface area contributed by atoms with Gasteiger partial charge in [0.15, 0.2) is 0 Å². The number of benzene rings is 3. The fourth-order valence-corrected chi connectivity index (χ4v) is 6.20. The molecule has 6 nitrogen and oxygen atoms in total. The lowest BCUT2D eigenvalue weighted by Crippen LogP contribution is -2.45. The molecule has 0 bridgehead atoms. The molecule has 0 amide bonds. The molecule has 0 fully saturated rings. The number of aromatic nitrogens is 2. The second-order valence-corrected chi connectivity index (χ2v) is 17.9. The standard InChI is InChI=1S/C36H47N3O3Si/c1-5-42-35(40)30(26-34-27-39(28-37-34)29-41-24-25-43(2,3)4)16-15-23-38-36(31-17-9-6-10-18-31,32-19-11-7-12-20-32)33-21-13-8-14-22-33/h6-14,17-22,27-28,30,38H,5,15-16,23-26,29H2,1-4H3. The predicted octanol–water partition coefficient (Wildman–Crippen LogP) is 7.28. The lowest BCUT2D eigenvalue weighted by atomic mass is 9.77. The Balaban J connectivity index is 1.46. The van der Waals surface area contributed by atoms with E-state index in [0.29, 0.717) is 32.7 Å². The first-order chi connectivity index (χ1) is 20.8. The molecule has 0 aliphatic carbocycles. The van der Waals surface area contributed by atoms with Crippen molar-refractivity contribution in [1.82, 2.24) is 14.9 Å². The van der Waals surface area contributed by atoms with Gasteiger partial charge in [-0.25, -0.2) is 4.98 Å². The molecule has 1 atom stereocenters. The summed E-state index contributed by atoms with van der Waals surface area (Å²) in [5.74, 6) is -0.429. The van der Waals surface area contributed by atoms with Gasteiger partial charge in [-0.15, -0.1) is 0 Å². The molecule has 1 N–H and O–H groups in total. The van der Waals surface area contributed by atoms with Crippen molar-refractivity contribution in [2.75, 3.05) is 19.8 Å². The molecular formula is C36H47N3O3Si. The van der Waals surface area contributed by atoms with E-state index in [0.717, 1.165) is 24.8 Å². The summed E-state index contributed by atoms with van der Waals surface area (Å²) in [5, 5.41) is 3.93. The Hall–Kier alpha value is -3.52. The van der Waals surface area contributed by atoms with Crippen LogP contribution in [0.4, 0.5) is 0 Å². The topological polar surface area (TPSA) is 65.4 Å². The van der Waals surface area contributed by atoms with Crippen LogP contribution in [-0.4, -0.2) is 43.4 Å². The van der Waals surface area contributed by atoms with E-state index in [2.05, 4.69) is 121 Å². The number of hydrogen-bond donors (Lipinski definition) is 1. The predicted molar refractivity (Wildman–Crippen MR) is 177 cm³/mol. The third kappa shape index (κ3) is 9.23. The normalized spacial score (nSPS) is 12.7. The first kappa shape index (κ1) is 32.4. The van der Waals surface area contributed by atoms with Crippen LogP contribution in [0, 0.1) is 5.92 Å². The van der Waals surface area contributed by atoms with Gasteiger partial charge in [0.2, 0.25) is 0 Å². The Kier molecular flexibility index (Phi) is 11.9. The molecule has 0 aliphatic rings. The zero-order valence-corrected chi connectivity index (χ0v) is 27.2. The summed E-state index contributed by atoms with van der Waals surface area (Å²) in [6, 6.07) is 32.9. The highest BCUT2D eigenvalue weighted by Gasteiger charge is 2.35. The molecule has 0 spiro atoms.